The lowest BCUT2D eigenvalue weighted by atomic mass is 9.84. The van der Waals surface area contributed by atoms with E-state index < -0.39 is 21.7 Å². The van der Waals surface area contributed by atoms with Gasteiger partial charge in [0.2, 0.25) is 10.0 Å². The van der Waals surface area contributed by atoms with Crippen LogP contribution in [0.4, 0.5) is 0 Å². The summed E-state index contributed by atoms with van der Waals surface area (Å²) in [6, 6.07) is 7.77. The Morgan fingerprint density at radius 2 is 1.87 bits per heavy atom. The summed E-state index contributed by atoms with van der Waals surface area (Å²) in [4.78, 5) is 14.0. The lowest BCUT2D eigenvalue weighted by molar-refractivity contribution is -0.156. The monoisotopic (exact) mass is 338 g/mol. The molecule has 1 amide bonds. The van der Waals surface area contributed by atoms with Crippen molar-refractivity contribution in [1.82, 2.24) is 9.21 Å². The highest BCUT2D eigenvalue weighted by molar-refractivity contribution is 7.88. The fourth-order valence-electron chi connectivity index (χ4n) is 3.48. The standard InChI is InChI=1S/C16H22N2O4S/c1-17(2)15(19)14-12-6-4-5-7-13(12)16(22-14)8-10-18(11-9-16)23(3,20)21/h4-7,14H,8-11H2,1-3H3. The highest BCUT2D eigenvalue weighted by Gasteiger charge is 2.49. The molecule has 1 fully saturated rings. The highest BCUT2D eigenvalue weighted by atomic mass is 32.2. The molecule has 1 saturated heterocycles. The largest absolute Gasteiger partial charge is 0.352 e. The fourth-order valence-corrected chi connectivity index (χ4v) is 4.32. The van der Waals surface area contributed by atoms with Crippen LogP contribution < -0.4 is 0 Å². The summed E-state index contributed by atoms with van der Waals surface area (Å²) < 4.78 is 31.2. The summed E-state index contributed by atoms with van der Waals surface area (Å²) in [5.41, 5.74) is 1.36. The molecule has 6 nitrogen and oxygen atoms in total. The summed E-state index contributed by atoms with van der Waals surface area (Å²) >= 11 is 0. The molecule has 7 heteroatoms. The topological polar surface area (TPSA) is 66.9 Å². The van der Waals surface area contributed by atoms with Gasteiger partial charge in [-0.2, -0.15) is 0 Å². The van der Waals surface area contributed by atoms with E-state index in [-0.39, 0.29) is 5.91 Å². The molecular weight excluding hydrogens is 316 g/mol. The summed E-state index contributed by atoms with van der Waals surface area (Å²) in [5.74, 6) is -0.0835. The molecular formula is C16H22N2O4S. The van der Waals surface area contributed by atoms with Crippen LogP contribution >= 0.6 is 0 Å². The van der Waals surface area contributed by atoms with Crippen molar-refractivity contribution in [3.05, 3.63) is 35.4 Å². The van der Waals surface area contributed by atoms with Crippen LogP contribution in [-0.4, -0.2) is 57.0 Å². The maximum Gasteiger partial charge on any atom is 0.255 e. The van der Waals surface area contributed by atoms with Crippen molar-refractivity contribution in [3.63, 3.8) is 0 Å². The number of carbonyl (C=O) groups excluding carboxylic acids is 1. The van der Waals surface area contributed by atoms with Crippen molar-refractivity contribution in [3.8, 4) is 0 Å². The molecule has 2 aliphatic heterocycles. The minimum atomic E-state index is -3.19. The normalized spacial score (nSPS) is 23.7. The van der Waals surface area contributed by atoms with E-state index in [1.807, 2.05) is 24.3 Å². The van der Waals surface area contributed by atoms with Gasteiger partial charge >= 0.3 is 0 Å². The van der Waals surface area contributed by atoms with Gasteiger partial charge in [-0.15, -0.1) is 0 Å². The van der Waals surface area contributed by atoms with Gasteiger partial charge in [0.15, 0.2) is 6.10 Å². The van der Waals surface area contributed by atoms with Gasteiger partial charge in [-0.3, -0.25) is 4.79 Å². The number of benzene rings is 1. The van der Waals surface area contributed by atoms with Gasteiger partial charge in [0.05, 0.1) is 11.9 Å². The third-order valence-electron chi connectivity index (χ3n) is 4.74. The lowest BCUT2D eigenvalue weighted by Gasteiger charge is -2.38. The van der Waals surface area contributed by atoms with E-state index >= 15 is 0 Å². The number of hydrogen-bond acceptors (Lipinski definition) is 4. The Morgan fingerprint density at radius 3 is 2.43 bits per heavy atom. The van der Waals surface area contributed by atoms with Crippen molar-refractivity contribution in [2.75, 3.05) is 33.4 Å². The molecule has 1 aromatic carbocycles. The molecule has 1 spiro atoms. The Bertz CT molecular complexity index is 721. The maximum atomic E-state index is 12.5. The number of fused-ring (bicyclic) bond motifs is 2. The molecule has 0 radical (unpaired) electrons. The van der Waals surface area contributed by atoms with Crippen molar-refractivity contribution in [1.29, 1.82) is 0 Å². The van der Waals surface area contributed by atoms with Crippen molar-refractivity contribution < 1.29 is 17.9 Å². The van der Waals surface area contributed by atoms with Crippen LogP contribution in [0.5, 0.6) is 0 Å². The number of sulfonamides is 1. The van der Waals surface area contributed by atoms with Crippen LogP contribution in [-0.2, 0) is 25.2 Å². The molecule has 2 aliphatic rings. The molecule has 1 unspecified atom stereocenters. The molecule has 3 rings (SSSR count). The second kappa shape index (κ2) is 5.58. The lowest BCUT2D eigenvalue weighted by Crippen LogP contribution is -2.45. The molecule has 1 atom stereocenters. The zero-order chi connectivity index (χ0) is 16.8. The van der Waals surface area contributed by atoms with E-state index in [0.717, 1.165) is 11.1 Å². The van der Waals surface area contributed by atoms with Gasteiger partial charge in [-0.25, -0.2) is 12.7 Å². The molecule has 126 valence electrons. The molecule has 23 heavy (non-hydrogen) atoms. The number of piperidine rings is 1. The molecule has 0 saturated carbocycles. The van der Waals surface area contributed by atoms with E-state index in [0.29, 0.717) is 25.9 Å². The fraction of sp³-hybridized carbons (Fsp3) is 0.562. The Balaban J connectivity index is 1.92. The van der Waals surface area contributed by atoms with Crippen molar-refractivity contribution in [2.24, 2.45) is 0 Å². The molecule has 1 aromatic rings. The summed E-state index contributed by atoms with van der Waals surface area (Å²) in [5, 5.41) is 0. The van der Waals surface area contributed by atoms with Crippen LogP contribution in [0.25, 0.3) is 0 Å². The SMILES string of the molecule is CN(C)C(=O)C1OC2(CCN(S(C)(=O)=O)CC2)c2ccccc21. The molecule has 0 N–H and O–H groups in total. The average molecular weight is 338 g/mol. The summed E-state index contributed by atoms with van der Waals surface area (Å²) in [7, 11) is 0.238. The zero-order valence-corrected chi connectivity index (χ0v) is 14.5. The van der Waals surface area contributed by atoms with Crippen LogP contribution in [0.3, 0.4) is 0 Å². The zero-order valence-electron chi connectivity index (χ0n) is 13.7. The van der Waals surface area contributed by atoms with Gasteiger partial charge in [-0.1, -0.05) is 24.3 Å². The van der Waals surface area contributed by atoms with E-state index in [4.69, 9.17) is 4.74 Å². The first kappa shape index (κ1) is 16.4. The van der Waals surface area contributed by atoms with Crippen LogP contribution in [0.1, 0.15) is 30.1 Å². The smallest absolute Gasteiger partial charge is 0.255 e. The third-order valence-corrected chi connectivity index (χ3v) is 6.04. The van der Waals surface area contributed by atoms with Gasteiger partial charge in [-0.05, 0) is 24.0 Å². The minimum Gasteiger partial charge on any atom is -0.352 e. The predicted octanol–water partition coefficient (Wildman–Crippen LogP) is 1.10. The molecule has 0 aliphatic carbocycles. The number of likely N-dealkylation sites (N-methyl/N-ethyl adjacent to an activating group) is 1. The number of nitrogens with zero attached hydrogens (tertiary/aromatic N) is 2. The van der Waals surface area contributed by atoms with Gasteiger partial charge in [0.1, 0.15) is 0 Å². The summed E-state index contributed by atoms with van der Waals surface area (Å²) in [6.45, 7) is 0.825. The van der Waals surface area contributed by atoms with E-state index in [2.05, 4.69) is 0 Å². The number of hydrogen-bond donors (Lipinski definition) is 0. The first-order valence-corrected chi connectivity index (χ1v) is 9.53. The van der Waals surface area contributed by atoms with E-state index in [9.17, 15) is 13.2 Å². The van der Waals surface area contributed by atoms with Gasteiger partial charge in [0.25, 0.3) is 5.91 Å². The average Bonchev–Trinajstić information content (AvgIpc) is 2.81. The third kappa shape index (κ3) is 2.77. The predicted molar refractivity (Wildman–Crippen MR) is 86.3 cm³/mol. The van der Waals surface area contributed by atoms with Gasteiger partial charge in [0, 0.05) is 27.2 Å². The maximum absolute atomic E-state index is 12.5. The van der Waals surface area contributed by atoms with Crippen LogP contribution in [0, 0.1) is 0 Å². The van der Waals surface area contributed by atoms with Crippen molar-refractivity contribution in [2.45, 2.75) is 24.5 Å². The Kier molecular flexibility index (Phi) is 3.98. The first-order chi connectivity index (χ1) is 10.7. The number of ether oxygens (including phenoxy) is 1. The van der Waals surface area contributed by atoms with E-state index in [1.54, 1.807) is 14.1 Å². The quantitative estimate of drug-likeness (QED) is 0.810. The highest BCUT2D eigenvalue weighted by Crippen LogP contribution is 2.49. The Hall–Kier alpha value is -1.44. The first-order valence-electron chi connectivity index (χ1n) is 7.68. The van der Waals surface area contributed by atoms with E-state index in [1.165, 1.54) is 15.5 Å². The Labute approximate surface area is 137 Å². The van der Waals surface area contributed by atoms with Gasteiger partial charge < -0.3 is 9.64 Å². The molecule has 0 bridgehead atoms. The van der Waals surface area contributed by atoms with Crippen molar-refractivity contribution >= 4 is 15.9 Å². The summed E-state index contributed by atoms with van der Waals surface area (Å²) in [6.07, 6.45) is 1.75. The number of amides is 1. The second-order valence-corrected chi connectivity index (χ2v) is 8.46. The minimum absolute atomic E-state index is 0.0835. The van der Waals surface area contributed by atoms with Crippen LogP contribution in [0.15, 0.2) is 24.3 Å². The molecule has 2 heterocycles. The number of carbonyl (C=O) groups is 1. The second-order valence-electron chi connectivity index (χ2n) is 6.47. The Morgan fingerprint density at radius 1 is 1.26 bits per heavy atom. The molecule has 0 aromatic heterocycles. The number of rotatable bonds is 2. The van der Waals surface area contributed by atoms with Crippen LogP contribution in [0.2, 0.25) is 0 Å².